The number of carbonyl (C=O) groups is 1. The summed E-state index contributed by atoms with van der Waals surface area (Å²) in [4.78, 5) is 19.0. The minimum absolute atomic E-state index is 0.00731. The van der Waals surface area contributed by atoms with Crippen LogP contribution < -0.4 is 10.6 Å². The number of anilines is 2. The minimum Gasteiger partial charge on any atom is -0.405 e. The van der Waals surface area contributed by atoms with Crippen molar-refractivity contribution in [2.45, 2.75) is 99.8 Å². The lowest BCUT2D eigenvalue weighted by Crippen LogP contribution is -2.35. The molecule has 22 heteroatoms. The van der Waals surface area contributed by atoms with E-state index < -0.39 is 91.1 Å². The molecule has 0 radical (unpaired) electrons. The highest BCUT2D eigenvalue weighted by atomic mass is 35.5. The molecule has 0 spiro atoms. The van der Waals surface area contributed by atoms with Crippen LogP contribution >= 0.6 is 11.6 Å². The fourth-order valence-electron chi connectivity index (χ4n) is 8.56. The highest BCUT2D eigenvalue weighted by Crippen LogP contribution is 2.68. The van der Waals surface area contributed by atoms with E-state index in [-0.39, 0.29) is 63.7 Å². The van der Waals surface area contributed by atoms with Crippen LogP contribution in [-0.4, -0.2) is 64.2 Å². The van der Waals surface area contributed by atoms with Gasteiger partial charge in [-0.2, -0.15) is 19.0 Å². The Morgan fingerprint density at radius 1 is 1.03 bits per heavy atom. The third-order valence-corrected chi connectivity index (χ3v) is 15.2. The molecule has 14 nitrogen and oxygen atoms in total. The van der Waals surface area contributed by atoms with Crippen molar-refractivity contribution in [1.82, 2.24) is 40.1 Å². The number of benzene rings is 2. The highest BCUT2D eigenvalue weighted by Gasteiger charge is 2.67. The number of hydrogen-bond acceptors (Lipinski definition) is 11. The Bertz CT molecular complexity index is 3130. The number of carbonyl (C=O) groups excluding carboxylic acids is 1. The van der Waals surface area contributed by atoms with Gasteiger partial charge in [0.25, 0.3) is 12.3 Å². The fourth-order valence-corrected chi connectivity index (χ4v) is 10.6. The second-order valence-electron chi connectivity index (χ2n) is 17.8. The fraction of sp³-hybridized carbons (Fsp3) is 0.409. The average Bonchev–Trinajstić information content (AvgIpc) is 4.10. The summed E-state index contributed by atoms with van der Waals surface area (Å²) in [5.41, 5.74) is -2.22. The van der Waals surface area contributed by atoms with E-state index in [1.165, 1.54) is 38.4 Å². The number of alkyl halides is 4. The first kappa shape index (κ1) is 45.2. The third kappa shape index (κ3) is 8.06. The maximum absolute atomic E-state index is 15.6. The van der Waals surface area contributed by atoms with Gasteiger partial charge in [0.15, 0.2) is 15.7 Å². The van der Waals surface area contributed by atoms with Gasteiger partial charge >= 0.3 is 6.01 Å². The number of sulfone groups is 1. The van der Waals surface area contributed by atoms with Gasteiger partial charge in [-0.3, -0.25) is 19.5 Å². The van der Waals surface area contributed by atoms with E-state index in [9.17, 15) is 35.9 Å². The number of aliphatic hydroxyl groups is 1. The predicted molar refractivity (Wildman–Crippen MR) is 228 cm³/mol. The van der Waals surface area contributed by atoms with Crippen LogP contribution in [-0.2, 0) is 46.2 Å². The lowest BCUT2D eigenvalue weighted by Gasteiger charge is -2.23. The monoisotopic (exact) mass is 955 g/mol. The molecule has 3 N–H and O–H groups in total. The van der Waals surface area contributed by atoms with Gasteiger partial charge in [-0.1, -0.05) is 28.7 Å². The Morgan fingerprint density at radius 3 is 2.38 bits per heavy atom. The molecule has 1 amide bonds. The molecule has 0 unspecified atom stereocenters. The number of halogens is 7. The maximum atomic E-state index is 15.6. The molecule has 2 aromatic carbocycles. The summed E-state index contributed by atoms with van der Waals surface area (Å²) < 4.78 is 122. The number of nitrogens with one attached hydrogen (secondary N) is 2. The SMILES string of the molecule is Cn1nc(Nc2nnc(C(C)(C)O)o2)c2c(Cl)ccc(-c3ccc(C#CC(C)(C)S(=O)(=O)C4CC4)nc3[C@H](Cc3cc(F)cc(F)c3)NC(=O)Cn3nc(C(F)F)c4c3C(F)(F)[C@@H]3C[C@H]43)c21. The van der Waals surface area contributed by atoms with Gasteiger partial charge in [-0.15, -0.1) is 5.10 Å². The summed E-state index contributed by atoms with van der Waals surface area (Å²) in [6.07, 6.45) is -2.53. The van der Waals surface area contributed by atoms with Gasteiger partial charge in [0.05, 0.1) is 32.9 Å². The van der Waals surface area contributed by atoms with Crippen LogP contribution in [0.25, 0.3) is 22.0 Å². The quantitative estimate of drug-likeness (QED) is 0.0752. The van der Waals surface area contributed by atoms with E-state index in [0.29, 0.717) is 40.1 Å². The first-order valence-electron chi connectivity index (χ1n) is 20.7. The molecule has 4 heterocycles. The molecule has 4 aromatic heterocycles. The molecule has 0 aliphatic heterocycles. The van der Waals surface area contributed by atoms with E-state index in [1.807, 2.05) is 0 Å². The topological polar surface area (TPSA) is 183 Å². The van der Waals surface area contributed by atoms with Gasteiger partial charge in [0.1, 0.15) is 45.6 Å². The van der Waals surface area contributed by atoms with Gasteiger partial charge in [0.2, 0.25) is 11.8 Å². The number of aromatic nitrogens is 7. The molecule has 3 aliphatic rings. The van der Waals surface area contributed by atoms with E-state index >= 15 is 8.78 Å². The summed E-state index contributed by atoms with van der Waals surface area (Å²) in [5, 5.41) is 32.2. The molecule has 0 bridgehead atoms. The van der Waals surface area contributed by atoms with Gasteiger partial charge < -0.3 is 14.8 Å². The molecule has 3 aliphatic carbocycles. The lowest BCUT2D eigenvalue weighted by atomic mass is 9.93. The molecule has 2 fully saturated rings. The lowest BCUT2D eigenvalue weighted by molar-refractivity contribution is -0.123. The number of fused-ring (bicyclic) bond motifs is 4. The molecular weight excluding hydrogens is 916 g/mol. The molecular formula is C44H40ClF6N9O5S. The maximum Gasteiger partial charge on any atom is 0.321 e. The van der Waals surface area contributed by atoms with Crippen LogP contribution in [0.15, 0.2) is 46.9 Å². The zero-order chi connectivity index (χ0) is 47.4. The van der Waals surface area contributed by atoms with E-state index in [2.05, 4.69) is 42.9 Å². The van der Waals surface area contributed by atoms with E-state index in [0.717, 1.165) is 12.1 Å². The summed E-state index contributed by atoms with van der Waals surface area (Å²) in [6.45, 7) is 4.92. The molecule has 346 valence electrons. The molecule has 6 aromatic rings. The van der Waals surface area contributed by atoms with Gasteiger partial charge in [-0.05, 0) is 101 Å². The summed E-state index contributed by atoms with van der Waals surface area (Å²) >= 11 is 6.81. The first-order valence-corrected chi connectivity index (χ1v) is 22.6. The Hall–Kier alpha value is -5.98. The number of hydrogen-bond donors (Lipinski definition) is 3. The van der Waals surface area contributed by atoms with E-state index in [1.54, 1.807) is 25.2 Å². The zero-order valence-corrected chi connectivity index (χ0v) is 37.3. The third-order valence-electron chi connectivity index (χ3n) is 12.0. The standard InChI is InChI=1S/C44H40ClF6N9O5S/c1-42(2,66(63,64)24-7-8-24)13-12-23-6-9-25(26-10-11-29(45)33-36(26)59(5)58-39(33)54-41-56-55-40(65-41)43(3,4)62)34(52-23)30(16-20-14-21(46)17-22(47)15-20)53-31(61)19-60-37-32(35(57-60)38(48)49)27-18-28(27)44(37,50)51/h6,9-11,14-15,17,24,27-28,30,38,62H,7-8,16,18-19H2,1-5H3,(H,53,61)(H,54,56,58)/t27-,28+,30-/m0/s1. The van der Waals surface area contributed by atoms with Crippen LogP contribution in [0.3, 0.4) is 0 Å². The number of amides is 1. The van der Waals surface area contributed by atoms with Crippen molar-refractivity contribution in [1.29, 1.82) is 0 Å². The first-order chi connectivity index (χ1) is 30.9. The molecule has 66 heavy (non-hydrogen) atoms. The average molecular weight is 956 g/mol. The van der Waals surface area contributed by atoms with Crippen molar-refractivity contribution in [2.24, 2.45) is 13.0 Å². The predicted octanol–water partition coefficient (Wildman–Crippen LogP) is 8.07. The normalized spacial score (nSPS) is 18.2. The van der Waals surface area contributed by atoms with E-state index in [4.69, 9.17) is 21.0 Å². The smallest absolute Gasteiger partial charge is 0.321 e. The zero-order valence-electron chi connectivity index (χ0n) is 35.7. The Kier molecular flexibility index (Phi) is 10.8. The highest BCUT2D eigenvalue weighted by molar-refractivity contribution is 7.93. The van der Waals surface area contributed by atoms with Crippen molar-refractivity contribution in [3.63, 3.8) is 0 Å². The molecule has 3 atom stereocenters. The minimum atomic E-state index is -3.68. The Balaban J connectivity index is 1.18. The second kappa shape index (κ2) is 15.8. The second-order valence-corrected chi connectivity index (χ2v) is 21.0. The Morgan fingerprint density at radius 2 is 1.73 bits per heavy atom. The van der Waals surface area contributed by atoms with Crippen molar-refractivity contribution >= 4 is 50.1 Å². The van der Waals surface area contributed by atoms with Crippen LogP contribution in [0.1, 0.15) is 105 Å². The van der Waals surface area contributed by atoms with Crippen LogP contribution in [0, 0.1) is 29.4 Å². The van der Waals surface area contributed by atoms with Gasteiger partial charge in [-0.25, -0.2) is 31.0 Å². The summed E-state index contributed by atoms with van der Waals surface area (Å²) in [5.74, 6) is -2.68. The number of nitrogens with zero attached hydrogens (tertiary/aromatic N) is 7. The van der Waals surface area contributed by atoms with Crippen molar-refractivity contribution in [3.8, 4) is 23.0 Å². The largest absolute Gasteiger partial charge is 0.405 e. The summed E-state index contributed by atoms with van der Waals surface area (Å²) in [6, 6.07) is 7.47. The summed E-state index contributed by atoms with van der Waals surface area (Å²) in [7, 11) is -2.08. The number of rotatable bonds is 13. The van der Waals surface area contributed by atoms with Crippen LogP contribution in [0.5, 0.6) is 0 Å². The van der Waals surface area contributed by atoms with Crippen molar-refractivity contribution in [3.05, 3.63) is 98.9 Å². The number of pyridine rings is 1. The molecule has 2 saturated carbocycles. The number of aryl methyl sites for hydroxylation is 1. The Labute approximate surface area is 378 Å². The van der Waals surface area contributed by atoms with Crippen molar-refractivity contribution < 1.29 is 49.1 Å². The van der Waals surface area contributed by atoms with Crippen LogP contribution in [0.4, 0.5) is 38.2 Å². The van der Waals surface area contributed by atoms with Crippen LogP contribution in [0.2, 0.25) is 5.02 Å². The molecule has 0 saturated heterocycles. The van der Waals surface area contributed by atoms with Gasteiger partial charge in [0, 0.05) is 35.7 Å². The van der Waals surface area contributed by atoms with Crippen molar-refractivity contribution in [2.75, 3.05) is 5.32 Å². The molecule has 9 rings (SSSR count).